The van der Waals surface area contributed by atoms with Crippen molar-refractivity contribution in [1.29, 1.82) is 0 Å². The first-order chi connectivity index (χ1) is 13.5. The standard InChI is InChI=1S/C25H31NO2/c1-5-17-27-18-16-26-22-13-8-7-12-21(22)24(3,4)25(26)15-14-20-11-9-10-19(6-2)23(20)28-25/h7-15H,5-6,16-18H2,1-4H3. The SMILES string of the molecule is CCCOCCN1c2ccccc2C(C)(C)C12C=Cc1cccc(CC)c1O2. The molecule has 0 amide bonds. The van der Waals surface area contributed by atoms with Crippen molar-refractivity contribution in [1.82, 2.24) is 0 Å². The predicted molar refractivity (Wildman–Crippen MR) is 116 cm³/mol. The lowest BCUT2D eigenvalue weighted by atomic mass is 9.76. The average Bonchev–Trinajstić information content (AvgIpc) is 2.89. The number of benzene rings is 2. The Bertz CT molecular complexity index is 886. The summed E-state index contributed by atoms with van der Waals surface area (Å²) in [4.78, 5) is 2.41. The molecular formula is C25H31NO2. The van der Waals surface area contributed by atoms with E-state index in [1.807, 2.05) is 0 Å². The number of rotatable bonds is 6. The monoisotopic (exact) mass is 377 g/mol. The van der Waals surface area contributed by atoms with Gasteiger partial charge < -0.3 is 14.4 Å². The highest BCUT2D eigenvalue weighted by Gasteiger charge is 2.58. The maximum atomic E-state index is 6.95. The van der Waals surface area contributed by atoms with Crippen LogP contribution in [0, 0.1) is 0 Å². The fourth-order valence-corrected chi connectivity index (χ4v) is 4.65. The minimum atomic E-state index is -0.551. The van der Waals surface area contributed by atoms with E-state index in [0.717, 1.165) is 31.7 Å². The van der Waals surface area contributed by atoms with Crippen LogP contribution in [0.4, 0.5) is 5.69 Å². The second-order valence-electron chi connectivity index (χ2n) is 8.23. The number of aryl methyl sites for hydroxylation is 1. The molecule has 0 N–H and O–H groups in total. The molecule has 1 unspecified atom stereocenters. The molecule has 0 fully saturated rings. The summed E-state index contributed by atoms with van der Waals surface area (Å²) >= 11 is 0. The molecule has 0 aromatic heterocycles. The molecular weight excluding hydrogens is 346 g/mol. The lowest BCUT2D eigenvalue weighted by Crippen LogP contribution is -2.60. The Morgan fingerprint density at radius 2 is 1.82 bits per heavy atom. The van der Waals surface area contributed by atoms with Crippen LogP contribution in [-0.2, 0) is 16.6 Å². The Balaban J connectivity index is 1.79. The molecule has 28 heavy (non-hydrogen) atoms. The van der Waals surface area contributed by atoms with Crippen molar-refractivity contribution in [3.05, 3.63) is 65.2 Å². The van der Waals surface area contributed by atoms with Gasteiger partial charge in [-0.05, 0) is 56.0 Å². The molecule has 3 nitrogen and oxygen atoms in total. The smallest absolute Gasteiger partial charge is 0.212 e. The van der Waals surface area contributed by atoms with Crippen LogP contribution in [0.2, 0.25) is 0 Å². The van der Waals surface area contributed by atoms with Gasteiger partial charge in [0.1, 0.15) is 5.75 Å². The van der Waals surface area contributed by atoms with Crippen LogP contribution in [0.15, 0.2) is 48.5 Å². The molecule has 0 radical (unpaired) electrons. The van der Waals surface area contributed by atoms with Crippen molar-refractivity contribution in [2.24, 2.45) is 0 Å². The largest absolute Gasteiger partial charge is 0.462 e. The summed E-state index contributed by atoms with van der Waals surface area (Å²) in [6.07, 6.45) is 6.50. The number of para-hydroxylation sites is 2. The molecule has 3 heteroatoms. The number of nitrogens with zero attached hydrogens (tertiary/aromatic N) is 1. The number of hydrogen-bond donors (Lipinski definition) is 0. The molecule has 2 aromatic rings. The quantitative estimate of drug-likeness (QED) is 0.614. The van der Waals surface area contributed by atoms with E-state index in [1.54, 1.807) is 0 Å². The van der Waals surface area contributed by atoms with Gasteiger partial charge in [0.15, 0.2) is 0 Å². The van der Waals surface area contributed by atoms with Gasteiger partial charge >= 0.3 is 0 Å². The third kappa shape index (κ3) is 2.76. The molecule has 0 saturated heterocycles. The van der Waals surface area contributed by atoms with Gasteiger partial charge in [0.2, 0.25) is 5.72 Å². The summed E-state index contributed by atoms with van der Waals surface area (Å²) in [5, 5.41) is 0. The highest BCUT2D eigenvalue weighted by atomic mass is 16.5. The number of fused-ring (bicyclic) bond motifs is 2. The zero-order chi connectivity index (χ0) is 19.8. The first kappa shape index (κ1) is 19.1. The molecule has 2 aliphatic heterocycles. The van der Waals surface area contributed by atoms with E-state index in [0.29, 0.717) is 6.61 Å². The van der Waals surface area contributed by atoms with Crippen LogP contribution in [0.1, 0.15) is 50.8 Å². The summed E-state index contributed by atoms with van der Waals surface area (Å²) in [5.74, 6) is 1.02. The van der Waals surface area contributed by atoms with Crippen LogP contribution in [0.25, 0.3) is 6.08 Å². The lowest BCUT2D eigenvalue weighted by molar-refractivity contribution is 0.0444. The third-order valence-electron chi connectivity index (χ3n) is 6.23. The van der Waals surface area contributed by atoms with Crippen LogP contribution in [0.5, 0.6) is 5.75 Å². The molecule has 4 rings (SSSR count). The fourth-order valence-electron chi connectivity index (χ4n) is 4.65. The summed E-state index contributed by atoms with van der Waals surface area (Å²) in [6, 6.07) is 15.1. The van der Waals surface area contributed by atoms with Crippen LogP contribution in [0.3, 0.4) is 0 Å². The van der Waals surface area contributed by atoms with Gasteiger partial charge in [-0.2, -0.15) is 0 Å². The van der Waals surface area contributed by atoms with Crippen molar-refractivity contribution in [3.8, 4) is 5.75 Å². The van der Waals surface area contributed by atoms with Gasteiger partial charge in [0.05, 0.1) is 12.0 Å². The minimum Gasteiger partial charge on any atom is -0.462 e. The maximum absolute atomic E-state index is 6.95. The fraction of sp³-hybridized carbons (Fsp3) is 0.440. The predicted octanol–water partition coefficient (Wildman–Crippen LogP) is 5.58. The van der Waals surface area contributed by atoms with E-state index in [2.05, 4.69) is 87.2 Å². The molecule has 2 aliphatic rings. The van der Waals surface area contributed by atoms with Crippen molar-refractivity contribution >= 4 is 11.8 Å². The van der Waals surface area contributed by atoms with Crippen molar-refractivity contribution < 1.29 is 9.47 Å². The Morgan fingerprint density at radius 1 is 1.00 bits per heavy atom. The Labute approximate surface area is 169 Å². The molecule has 0 saturated carbocycles. The van der Waals surface area contributed by atoms with Crippen LogP contribution < -0.4 is 9.64 Å². The van der Waals surface area contributed by atoms with E-state index < -0.39 is 5.72 Å². The minimum absolute atomic E-state index is 0.191. The lowest BCUT2D eigenvalue weighted by Gasteiger charge is -2.47. The number of hydrogen-bond acceptors (Lipinski definition) is 3. The highest BCUT2D eigenvalue weighted by molar-refractivity contribution is 5.73. The van der Waals surface area contributed by atoms with Gasteiger partial charge in [-0.1, -0.05) is 50.2 Å². The summed E-state index contributed by atoms with van der Waals surface area (Å²) in [6.45, 7) is 11.2. The first-order valence-corrected chi connectivity index (χ1v) is 10.5. The Kier molecular flexibility index (Phi) is 4.96. The number of anilines is 1. The van der Waals surface area contributed by atoms with E-state index in [1.165, 1.54) is 22.4 Å². The maximum Gasteiger partial charge on any atom is 0.212 e. The van der Waals surface area contributed by atoms with Gasteiger partial charge in [0, 0.05) is 24.4 Å². The molecule has 0 aliphatic carbocycles. The molecule has 1 spiro atoms. The van der Waals surface area contributed by atoms with E-state index in [9.17, 15) is 0 Å². The second-order valence-corrected chi connectivity index (χ2v) is 8.23. The van der Waals surface area contributed by atoms with Crippen LogP contribution >= 0.6 is 0 Å². The average molecular weight is 378 g/mol. The van der Waals surface area contributed by atoms with Gasteiger partial charge in [0.25, 0.3) is 0 Å². The topological polar surface area (TPSA) is 21.7 Å². The van der Waals surface area contributed by atoms with Gasteiger partial charge in [-0.25, -0.2) is 0 Å². The van der Waals surface area contributed by atoms with Crippen molar-refractivity contribution in [2.75, 3.05) is 24.7 Å². The third-order valence-corrected chi connectivity index (χ3v) is 6.23. The summed E-state index contributed by atoms with van der Waals surface area (Å²) < 4.78 is 12.8. The normalized spacial score (nSPS) is 21.5. The molecule has 2 aromatic carbocycles. The van der Waals surface area contributed by atoms with E-state index in [4.69, 9.17) is 9.47 Å². The molecule has 148 valence electrons. The zero-order valence-electron chi connectivity index (χ0n) is 17.5. The molecule has 1 atom stereocenters. The first-order valence-electron chi connectivity index (χ1n) is 10.5. The molecule has 2 heterocycles. The van der Waals surface area contributed by atoms with Gasteiger partial charge in [-0.15, -0.1) is 0 Å². The van der Waals surface area contributed by atoms with E-state index in [-0.39, 0.29) is 5.41 Å². The van der Waals surface area contributed by atoms with E-state index >= 15 is 0 Å². The van der Waals surface area contributed by atoms with Crippen molar-refractivity contribution in [2.45, 2.75) is 51.7 Å². The summed E-state index contributed by atoms with van der Waals surface area (Å²) in [5.41, 5.74) is 4.25. The zero-order valence-corrected chi connectivity index (χ0v) is 17.5. The highest BCUT2D eigenvalue weighted by Crippen LogP contribution is 2.55. The van der Waals surface area contributed by atoms with Gasteiger partial charge in [-0.3, -0.25) is 0 Å². The Morgan fingerprint density at radius 3 is 2.61 bits per heavy atom. The Hall–Kier alpha value is -2.26. The molecule has 0 bridgehead atoms. The summed E-state index contributed by atoms with van der Waals surface area (Å²) in [7, 11) is 0. The van der Waals surface area contributed by atoms with Crippen molar-refractivity contribution in [3.63, 3.8) is 0 Å². The second kappa shape index (κ2) is 7.29. The number of ether oxygens (including phenoxy) is 2. The van der Waals surface area contributed by atoms with Crippen LogP contribution in [-0.4, -0.2) is 25.5 Å².